The normalized spacial score (nSPS) is 20.9. The molecular formula is C12H18N2O2. The van der Waals surface area contributed by atoms with E-state index in [2.05, 4.69) is 10.3 Å². The van der Waals surface area contributed by atoms with Crippen LogP contribution in [0.3, 0.4) is 0 Å². The predicted molar refractivity (Wildman–Crippen MR) is 61.2 cm³/mol. The number of aromatic hydroxyl groups is 1. The summed E-state index contributed by atoms with van der Waals surface area (Å²) < 4.78 is 5.41. The van der Waals surface area contributed by atoms with E-state index in [4.69, 9.17) is 9.84 Å². The Morgan fingerprint density at radius 3 is 3.12 bits per heavy atom. The first-order valence-electron chi connectivity index (χ1n) is 5.77. The van der Waals surface area contributed by atoms with E-state index in [0.29, 0.717) is 5.92 Å². The van der Waals surface area contributed by atoms with Crippen molar-refractivity contribution in [2.45, 2.75) is 19.4 Å². The zero-order chi connectivity index (χ0) is 11.2. The lowest BCUT2D eigenvalue weighted by atomic mass is 10.0. The molecule has 4 heteroatoms. The zero-order valence-corrected chi connectivity index (χ0v) is 9.35. The van der Waals surface area contributed by atoms with Crippen LogP contribution >= 0.6 is 0 Å². The van der Waals surface area contributed by atoms with E-state index < -0.39 is 0 Å². The predicted octanol–water partition coefficient (Wildman–Crippen LogP) is 1.30. The van der Waals surface area contributed by atoms with Crippen molar-refractivity contribution in [2.24, 2.45) is 5.92 Å². The molecule has 1 aliphatic heterocycles. The third kappa shape index (κ3) is 3.47. The van der Waals surface area contributed by atoms with Gasteiger partial charge in [0.25, 0.3) is 0 Å². The molecule has 0 radical (unpaired) electrons. The highest BCUT2D eigenvalue weighted by Gasteiger charge is 2.12. The van der Waals surface area contributed by atoms with E-state index >= 15 is 0 Å². The maximum atomic E-state index is 9.09. The minimum atomic E-state index is 0.212. The van der Waals surface area contributed by atoms with Crippen LogP contribution in [0.2, 0.25) is 0 Å². The van der Waals surface area contributed by atoms with Crippen LogP contribution in [-0.4, -0.2) is 29.8 Å². The van der Waals surface area contributed by atoms with Gasteiger partial charge in [-0.15, -0.1) is 0 Å². The Balaban J connectivity index is 1.69. The van der Waals surface area contributed by atoms with Gasteiger partial charge >= 0.3 is 0 Å². The monoisotopic (exact) mass is 222 g/mol. The lowest BCUT2D eigenvalue weighted by Gasteiger charge is -2.22. The number of rotatable bonds is 4. The molecule has 1 saturated heterocycles. The van der Waals surface area contributed by atoms with Crippen LogP contribution in [0.25, 0.3) is 0 Å². The number of pyridine rings is 1. The zero-order valence-electron chi connectivity index (χ0n) is 9.35. The molecule has 0 aliphatic carbocycles. The van der Waals surface area contributed by atoms with E-state index in [0.717, 1.165) is 32.0 Å². The van der Waals surface area contributed by atoms with Gasteiger partial charge in [-0.3, -0.25) is 4.98 Å². The van der Waals surface area contributed by atoms with E-state index in [-0.39, 0.29) is 5.75 Å². The molecule has 1 aromatic rings. The maximum absolute atomic E-state index is 9.09. The summed E-state index contributed by atoms with van der Waals surface area (Å²) in [6.07, 6.45) is 3.89. The summed E-state index contributed by atoms with van der Waals surface area (Å²) in [6, 6.07) is 3.49. The van der Waals surface area contributed by atoms with Gasteiger partial charge in [0.2, 0.25) is 0 Å². The average molecular weight is 222 g/mol. The Kier molecular flexibility index (Phi) is 4.13. The Hall–Kier alpha value is -1.13. The minimum absolute atomic E-state index is 0.212. The number of nitrogens with zero attached hydrogens (tertiary/aromatic N) is 1. The molecule has 1 aromatic heterocycles. The molecule has 1 atom stereocenters. The standard InChI is InChI=1S/C12H18N2O2/c15-12-4-3-11(14-8-12)7-13-6-10-2-1-5-16-9-10/h3-4,8,10,13,15H,1-2,5-7,9H2. The van der Waals surface area contributed by atoms with Crippen molar-refractivity contribution in [3.63, 3.8) is 0 Å². The summed E-state index contributed by atoms with van der Waals surface area (Å²) in [5.74, 6) is 0.843. The van der Waals surface area contributed by atoms with Crippen LogP contribution in [0.4, 0.5) is 0 Å². The fourth-order valence-corrected chi connectivity index (χ4v) is 1.89. The number of nitrogens with one attached hydrogen (secondary N) is 1. The van der Waals surface area contributed by atoms with Crippen LogP contribution in [-0.2, 0) is 11.3 Å². The van der Waals surface area contributed by atoms with Gasteiger partial charge in [-0.05, 0) is 30.9 Å². The quantitative estimate of drug-likeness (QED) is 0.806. The highest BCUT2D eigenvalue weighted by atomic mass is 16.5. The third-order valence-corrected chi connectivity index (χ3v) is 2.80. The first kappa shape index (κ1) is 11.4. The molecule has 2 N–H and O–H groups in total. The first-order valence-corrected chi connectivity index (χ1v) is 5.77. The fraction of sp³-hybridized carbons (Fsp3) is 0.583. The molecule has 1 aliphatic rings. The second kappa shape index (κ2) is 5.82. The molecule has 0 aromatic carbocycles. The Morgan fingerprint density at radius 2 is 2.44 bits per heavy atom. The highest BCUT2D eigenvalue weighted by Crippen LogP contribution is 2.12. The summed E-state index contributed by atoms with van der Waals surface area (Å²) in [6.45, 7) is 3.51. The van der Waals surface area contributed by atoms with Gasteiger partial charge in [0, 0.05) is 19.7 Å². The second-order valence-corrected chi connectivity index (χ2v) is 4.22. The van der Waals surface area contributed by atoms with Crippen LogP contribution in [0.15, 0.2) is 18.3 Å². The molecular weight excluding hydrogens is 204 g/mol. The minimum Gasteiger partial charge on any atom is -0.506 e. The number of hydrogen-bond acceptors (Lipinski definition) is 4. The molecule has 0 saturated carbocycles. The first-order chi connectivity index (χ1) is 7.84. The van der Waals surface area contributed by atoms with Gasteiger partial charge < -0.3 is 15.2 Å². The average Bonchev–Trinajstić information content (AvgIpc) is 2.33. The number of aromatic nitrogens is 1. The van der Waals surface area contributed by atoms with Crippen molar-refractivity contribution in [3.8, 4) is 5.75 Å². The molecule has 88 valence electrons. The van der Waals surface area contributed by atoms with Gasteiger partial charge in [-0.1, -0.05) is 0 Å². The van der Waals surface area contributed by atoms with Crippen molar-refractivity contribution in [3.05, 3.63) is 24.0 Å². The summed E-state index contributed by atoms with van der Waals surface area (Å²) >= 11 is 0. The van der Waals surface area contributed by atoms with Gasteiger partial charge in [0.15, 0.2) is 0 Å². The topological polar surface area (TPSA) is 54.4 Å². The summed E-state index contributed by atoms with van der Waals surface area (Å²) in [5.41, 5.74) is 0.953. The van der Waals surface area contributed by atoms with Crippen molar-refractivity contribution >= 4 is 0 Å². The van der Waals surface area contributed by atoms with E-state index in [9.17, 15) is 0 Å². The Bertz CT molecular complexity index is 307. The summed E-state index contributed by atoms with van der Waals surface area (Å²) in [7, 11) is 0. The molecule has 4 nitrogen and oxygen atoms in total. The molecule has 2 heterocycles. The van der Waals surface area contributed by atoms with Crippen LogP contribution in [0.5, 0.6) is 5.75 Å². The van der Waals surface area contributed by atoms with Gasteiger partial charge in [-0.25, -0.2) is 0 Å². The highest BCUT2D eigenvalue weighted by molar-refractivity contribution is 5.17. The van der Waals surface area contributed by atoms with Crippen LogP contribution in [0.1, 0.15) is 18.5 Å². The summed E-state index contributed by atoms with van der Waals surface area (Å²) in [4.78, 5) is 4.12. The third-order valence-electron chi connectivity index (χ3n) is 2.80. The molecule has 1 fully saturated rings. The van der Waals surface area contributed by atoms with Crippen LogP contribution in [0, 0.1) is 5.92 Å². The Labute approximate surface area is 95.7 Å². The fourth-order valence-electron chi connectivity index (χ4n) is 1.89. The SMILES string of the molecule is Oc1ccc(CNCC2CCCOC2)nc1. The van der Waals surface area contributed by atoms with Gasteiger partial charge in [0.1, 0.15) is 5.75 Å². The van der Waals surface area contributed by atoms with Crippen LogP contribution < -0.4 is 5.32 Å². The lowest BCUT2D eigenvalue weighted by molar-refractivity contribution is 0.0547. The van der Waals surface area contributed by atoms with Crippen molar-refractivity contribution in [1.29, 1.82) is 0 Å². The summed E-state index contributed by atoms with van der Waals surface area (Å²) in [5, 5.41) is 12.5. The lowest BCUT2D eigenvalue weighted by Crippen LogP contribution is -2.29. The van der Waals surface area contributed by atoms with Crippen molar-refractivity contribution in [2.75, 3.05) is 19.8 Å². The largest absolute Gasteiger partial charge is 0.506 e. The molecule has 0 amide bonds. The number of ether oxygens (including phenoxy) is 1. The molecule has 1 unspecified atom stereocenters. The van der Waals surface area contributed by atoms with E-state index in [1.807, 2.05) is 6.07 Å². The molecule has 0 spiro atoms. The van der Waals surface area contributed by atoms with E-state index in [1.165, 1.54) is 19.0 Å². The molecule has 16 heavy (non-hydrogen) atoms. The number of hydrogen-bond donors (Lipinski definition) is 2. The smallest absolute Gasteiger partial charge is 0.133 e. The molecule has 0 bridgehead atoms. The maximum Gasteiger partial charge on any atom is 0.133 e. The Morgan fingerprint density at radius 1 is 1.50 bits per heavy atom. The van der Waals surface area contributed by atoms with Gasteiger partial charge in [-0.2, -0.15) is 0 Å². The molecule has 2 rings (SSSR count). The van der Waals surface area contributed by atoms with Gasteiger partial charge in [0.05, 0.1) is 18.5 Å². The van der Waals surface area contributed by atoms with Crippen molar-refractivity contribution in [1.82, 2.24) is 10.3 Å². The van der Waals surface area contributed by atoms with Crippen molar-refractivity contribution < 1.29 is 9.84 Å². The second-order valence-electron chi connectivity index (χ2n) is 4.22. The van der Waals surface area contributed by atoms with E-state index in [1.54, 1.807) is 6.07 Å².